The second-order valence-corrected chi connectivity index (χ2v) is 15.2. The van der Waals surface area contributed by atoms with Crippen molar-refractivity contribution in [3.05, 3.63) is 187 Å². The molecule has 11 rings (SSSR count). The molecule has 258 valence electrons. The minimum Gasteiger partial charge on any atom is -0.208 e. The van der Waals surface area contributed by atoms with E-state index in [1.165, 1.54) is 70.9 Å². The van der Waals surface area contributed by atoms with E-state index in [-0.39, 0.29) is 5.41 Å². The van der Waals surface area contributed by atoms with Crippen molar-refractivity contribution < 1.29 is 0 Å². The van der Waals surface area contributed by atoms with Gasteiger partial charge in [0.25, 0.3) is 0 Å². The maximum absolute atomic E-state index is 4.95. The number of rotatable bonds is 4. The van der Waals surface area contributed by atoms with Gasteiger partial charge in [0.15, 0.2) is 17.5 Å². The third-order valence-electron chi connectivity index (χ3n) is 11.7. The van der Waals surface area contributed by atoms with Gasteiger partial charge in [-0.05, 0) is 94.7 Å². The molecule has 0 saturated carbocycles. The van der Waals surface area contributed by atoms with Crippen molar-refractivity contribution in [1.29, 1.82) is 0 Å². The fourth-order valence-corrected chi connectivity index (χ4v) is 8.88. The highest BCUT2D eigenvalue weighted by molar-refractivity contribution is 6.27. The first-order valence-electron chi connectivity index (χ1n) is 18.9. The van der Waals surface area contributed by atoms with Crippen LogP contribution in [0.3, 0.4) is 0 Å². The fourth-order valence-electron chi connectivity index (χ4n) is 8.88. The van der Waals surface area contributed by atoms with E-state index < -0.39 is 0 Å². The molecule has 55 heavy (non-hydrogen) atoms. The van der Waals surface area contributed by atoms with Gasteiger partial charge in [-0.1, -0.05) is 172 Å². The zero-order chi connectivity index (χ0) is 36.7. The van der Waals surface area contributed by atoms with Crippen molar-refractivity contribution in [2.45, 2.75) is 19.3 Å². The highest BCUT2D eigenvalue weighted by atomic mass is 15.0. The predicted octanol–water partition coefficient (Wildman–Crippen LogP) is 13.5. The molecule has 10 aromatic rings. The fraction of sp³-hybridized carbons (Fsp3) is 0.0577. The van der Waals surface area contributed by atoms with E-state index in [1.54, 1.807) is 0 Å². The lowest BCUT2D eigenvalue weighted by Gasteiger charge is -2.22. The molecule has 0 saturated heterocycles. The van der Waals surface area contributed by atoms with E-state index in [0.29, 0.717) is 17.5 Å². The average Bonchev–Trinajstić information content (AvgIpc) is 3.48. The molecule has 9 aromatic carbocycles. The summed E-state index contributed by atoms with van der Waals surface area (Å²) >= 11 is 0. The van der Waals surface area contributed by atoms with Crippen molar-refractivity contribution in [3.8, 4) is 56.4 Å². The first-order chi connectivity index (χ1) is 27.0. The summed E-state index contributed by atoms with van der Waals surface area (Å²) in [5, 5.41) is 10.3. The molecule has 3 heteroatoms. The number of hydrogen-bond acceptors (Lipinski definition) is 3. The van der Waals surface area contributed by atoms with E-state index in [4.69, 9.17) is 15.0 Å². The number of nitrogens with zero attached hydrogens (tertiary/aromatic N) is 3. The van der Waals surface area contributed by atoms with Gasteiger partial charge in [0, 0.05) is 22.1 Å². The number of hydrogen-bond donors (Lipinski definition) is 0. The molecule has 0 atom stereocenters. The monoisotopic (exact) mass is 701 g/mol. The van der Waals surface area contributed by atoms with Crippen molar-refractivity contribution in [2.75, 3.05) is 0 Å². The summed E-state index contributed by atoms with van der Waals surface area (Å²) in [6.45, 7) is 4.76. The molecule has 0 N–H and O–H groups in total. The zero-order valence-electron chi connectivity index (χ0n) is 30.6. The lowest BCUT2D eigenvalue weighted by molar-refractivity contribution is 0.662. The van der Waals surface area contributed by atoms with E-state index in [1.807, 2.05) is 60.7 Å². The van der Waals surface area contributed by atoms with Crippen LogP contribution in [0.4, 0.5) is 0 Å². The first-order valence-corrected chi connectivity index (χ1v) is 18.9. The normalized spacial score (nSPS) is 13.1. The van der Waals surface area contributed by atoms with E-state index in [0.717, 1.165) is 22.3 Å². The van der Waals surface area contributed by atoms with Crippen LogP contribution in [-0.4, -0.2) is 15.0 Å². The smallest absolute Gasteiger partial charge is 0.164 e. The highest BCUT2D eigenvalue weighted by Crippen LogP contribution is 2.53. The van der Waals surface area contributed by atoms with E-state index >= 15 is 0 Å². The summed E-state index contributed by atoms with van der Waals surface area (Å²) < 4.78 is 0. The van der Waals surface area contributed by atoms with E-state index in [2.05, 4.69) is 129 Å². The third kappa shape index (κ3) is 4.93. The molecule has 1 aliphatic carbocycles. The molecule has 1 heterocycles. The Kier molecular flexibility index (Phi) is 6.90. The third-order valence-corrected chi connectivity index (χ3v) is 11.7. The molecule has 0 unspecified atom stereocenters. The summed E-state index contributed by atoms with van der Waals surface area (Å²) in [5.41, 5.74) is 10.6. The summed E-state index contributed by atoms with van der Waals surface area (Å²) in [4.78, 5) is 14.8. The summed E-state index contributed by atoms with van der Waals surface area (Å²) in [5.74, 6) is 1.97. The van der Waals surface area contributed by atoms with Crippen LogP contribution < -0.4 is 0 Å². The quantitative estimate of drug-likeness (QED) is 0.171. The Labute approximate surface area is 319 Å². The van der Waals surface area contributed by atoms with Gasteiger partial charge in [0.2, 0.25) is 0 Å². The van der Waals surface area contributed by atoms with Crippen LogP contribution in [-0.2, 0) is 5.41 Å². The Morgan fingerprint density at radius 3 is 1.44 bits per heavy atom. The van der Waals surface area contributed by atoms with Crippen molar-refractivity contribution in [2.24, 2.45) is 0 Å². The van der Waals surface area contributed by atoms with Crippen molar-refractivity contribution >= 4 is 43.1 Å². The summed E-state index contributed by atoms with van der Waals surface area (Å²) in [6.07, 6.45) is 0. The van der Waals surface area contributed by atoms with Crippen LogP contribution >= 0.6 is 0 Å². The minimum atomic E-state index is -0.106. The van der Waals surface area contributed by atoms with Gasteiger partial charge in [0.1, 0.15) is 0 Å². The molecule has 3 nitrogen and oxygen atoms in total. The molecular weight excluding hydrogens is 667 g/mol. The number of fused-ring (bicyclic) bond motifs is 11. The Hall–Kier alpha value is -6.97. The lowest BCUT2D eigenvalue weighted by atomic mass is 9.81. The second-order valence-electron chi connectivity index (χ2n) is 15.2. The summed E-state index contributed by atoms with van der Waals surface area (Å²) in [6, 6.07) is 63.1. The largest absolute Gasteiger partial charge is 0.208 e. The Balaban J connectivity index is 1.04. The van der Waals surface area contributed by atoms with Crippen LogP contribution in [0.25, 0.3) is 99.5 Å². The Bertz CT molecular complexity index is 3090. The van der Waals surface area contributed by atoms with Crippen LogP contribution in [0.5, 0.6) is 0 Å². The lowest BCUT2D eigenvalue weighted by Crippen LogP contribution is -2.14. The highest BCUT2D eigenvalue weighted by Gasteiger charge is 2.37. The van der Waals surface area contributed by atoms with Gasteiger partial charge >= 0.3 is 0 Å². The van der Waals surface area contributed by atoms with Gasteiger partial charge in [-0.15, -0.1) is 0 Å². The van der Waals surface area contributed by atoms with Gasteiger partial charge in [-0.25, -0.2) is 15.0 Å². The topological polar surface area (TPSA) is 38.7 Å². The molecule has 0 spiro atoms. The van der Waals surface area contributed by atoms with Gasteiger partial charge < -0.3 is 0 Å². The molecule has 1 aliphatic rings. The molecule has 0 bridgehead atoms. The molecule has 0 fully saturated rings. The minimum absolute atomic E-state index is 0.106. The van der Waals surface area contributed by atoms with Crippen molar-refractivity contribution in [1.82, 2.24) is 15.0 Å². The van der Waals surface area contributed by atoms with Gasteiger partial charge in [-0.2, -0.15) is 0 Å². The summed E-state index contributed by atoms with van der Waals surface area (Å²) in [7, 11) is 0. The van der Waals surface area contributed by atoms with Crippen LogP contribution in [0.1, 0.15) is 25.0 Å². The molecule has 0 radical (unpaired) electrons. The van der Waals surface area contributed by atoms with E-state index in [9.17, 15) is 0 Å². The number of aromatic nitrogens is 3. The molecule has 1 aromatic heterocycles. The van der Waals surface area contributed by atoms with Crippen LogP contribution in [0, 0.1) is 0 Å². The van der Waals surface area contributed by atoms with Gasteiger partial charge in [0.05, 0.1) is 0 Å². The standard InChI is InChI=1S/C52H35N3/c1-52(2)46-28-26-33-13-9-10-18-38(33)48(46)45-30-43-40-20-12-11-19-39(40)42-29-37(25-27-41(42)44(43)31-47(45)52)32-21-23-36(24-22-32)51-54-49(34-14-5-3-6-15-34)53-50(55-51)35-16-7-4-8-17-35/h3-31H,1-2H3. The molecule has 0 amide bonds. The van der Waals surface area contributed by atoms with Crippen molar-refractivity contribution in [3.63, 3.8) is 0 Å². The maximum atomic E-state index is 4.95. The SMILES string of the molecule is CC1(C)c2cc3c4ccc(-c5ccc(-c6nc(-c7ccccc7)nc(-c7ccccc7)n6)cc5)cc4c4ccccc4c3cc2-c2c1ccc1ccccc21. The maximum Gasteiger partial charge on any atom is 0.164 e. The van der Waals surface area contributed by atoms with Crippen LogP contribution in [0.2, 0.25) is 0 Å². The van der Waals surface area contributed by atoms with Gasteiger partial charge in [-0.3, -0.25) is 0 Å². The Morgan fingerprint density at radius 1 is 0.327 bits per heavy atom. The molecule has 0 aliphatic heterocycles. The van der Waals surface area contributed by atoms with Crippen LogP contribution in [0.15, 0.2) is 176 Å². The zero-order valence-corrected chi connectivity index (χ0v) is 30.6. The number of benzene rings is 9. The first kappa shape index (κ1) is 31.5. The predicted molar refractivity (Wildman–Crippen MR) is 229 cm³/mol. The molecular formula is C52H35N3. The average molecular weight is 702 g/mol. The Morgan fingerprint density at radius 2 is 0.800 bits per heavy atom. The second kappa shape index (κ2) is 12.0.